The van der Waals surface area contributed by atoms with Crippen molar-refractivity contribution in [3.05, 3.63) is 67.6 Å². The van der Waals surface area contributed by atoms with E-state index in [2.05, 4.69) is 20.9 Å². The van der Waals surface area contributed by atoms with Crippen molar-refractivity contribution in [2.45, 2.75) is 18.4 Å². The molecule has 0 aliphatic carbocycles. The van der Waals surface area contributed by atoms with E-state index in [9.17, 15) is 13.2 Å². The zero-order valence-electron chi connectivity index (χ0n) is 13.5. The molecule has 8 heteroatoms. The fourth-order valence-electron chi connectivity index (χ4n) is 2.69. The highest BCUT2D eigenvalue weighted by atomic mass is 79.9. The van der Waals surface area contributed by atoms with Gasteiger partial charge in [-0.3, -0.25) is 9.36 Å². The van der Waals surface area contributed by atoms with Gasteiger partial charge in [0.1, 0.15) is 0 Å². The Bertz CT molecular complexity index is 1160. The number of sulfone groups is 1. The van der Waals surface area contributed by atoms with Crippen molar-refractivity contribution in [3.8, 4) is 0 Å². The minimum atomic E-state index is -3.44. The summed E-state index contributed by atoms with van der Waals surface area (Å²) >= 11 is 9.42. The highest BCUT2D eigenvalue weighted by molar-refractivity contribution is 9.10. The molecule has 1 heterocycles. The maximum absolute atomic E-state index is 12.8. The number of hydrogen-bond donors (Lipinski definition) is 0. The zero-order chi connectivity index (χ0) is 18.4. The van der Waals surface area contributed by atoms with E-state index in [4.69, 9.17) is 11.6 Å². The Kier molecular flexibility index (Phi) is 4.74. The highest BCUT2D eigenvalue weighted by Crippen LogP contribution is 2.23. The molecule has 0 amide bonds. The maximum Gasteiger partial charge on any atom is 0.261 e. The number of nitrogens with zero attached hydrogens (tertiary/aromatic N) is 2. The summed E-state index contributed by atoms with van der Waals surface area (Å²) in [5, 5.41) is 0.875. The molecule has 3 rings (SSSR count). The summed E-state index contributed by atoms with van der Waals surface area (Å²) in [5.74, 6) is 0. The van der Waals surface area contributed by atoms with E-state index >= 15 is 0 Å². The molecule has 130 valence electrons. The Morgan fingerprint density at radius 2 is 1.96 bits per heavy atom. The minimum absolute atomic E-state index is 0.0658. The van der Waals surface area contributed by atoms with Crippen LogP contribution in [0.4, 0.5) is 0 Å². The van der Waals surface area contributed by atoms with Crippen LogP contribution in [0.2, 0.25) is 5.02 Å². The summed E-state index contributed by atoms with van der Waals surface area (Å²) in [5.41, 5.74) is 1.70. The summed E-state index contributed by atoms with van der Waals surface area (Å²) in [4.78, 5) is 17.3. The van der Waals surface area contributed by atoms with Gasteiger partial charge in [0.05, 0.1) is 28.7 Å². The van der Waals surface area contributed by atoms with Crippen LogP contribution < -0.4 is 5.56 Å². The molecule has 0 aliphatic heterocycles. The lowest BCUT2D eigenvalue weighted by molar-refractivity contribution is 0.599. The van der Waals surface area contributed by atoms with Crippen molar-refractivity contribution in [2.24, 2.45) is 0 Å². The topological polar surface area (TPSA) is 69.0 Å². The second-order valence-electron chi connectivity index (χ2n) is 5.84. The molecule has 0 radical (unpaired) electrons. The van der Waals surface area contributed by atoms with Crippen LogP contribution in [-0.4, -0.2) is 24.2 Å². The van der Waals surface area contributed by atoms with E-state index < -0.39 is 9.84 Å². The summed E-state index contributed by atoms with van der Waals surface area (Å²) in [6.45, 7) is 1.95. The monoisotopic (exact) mass is 440 g/mol. The summed E-state index contributed by atoms with van der Waals surface area (Å²) in [6, 6.07) is 8.18. The van der Waals surface area contributed by atoms with Gasteiger partial charge in [-0.15, -0.1) is 0 Å². The highest BCUT2D eigenvalue weighted by Gasteiger charge is 2.15. The van der Waals surface area contributed by atoms with E-state index in [1.165, 1.54) is 23.0 Å². The van der Waals surface area contributed by atoms with E-state index in [0.29, 0.717) is 21.5 Å². The summed E-state index contributed by atoms with van der Waals surface area (Å²) in [7, 11) is -3.44. The molecule has 2 aromatic carbocycles. The molecule has 25 heavy (non-hydrogen) atoms. The lowest BCUT2D eigenvalue weighted by atomic mass is 10.1. The van der Waals surface area contributed by atoms with Crippen LogP contribution in [0.3, 0.4) is 0 Å². The third-order valence-corrected chi connectivity index (χ3v) is 5.82. The zero-order valence-corrected chi connectivity index (χ0v) is 16.6. The molecule has 0 spiro atoms. The molecule has 0 N–H and O–H groups in total. The molecule has 3 aromatic rings. The van der Waals surface area contributed by atoms with E-state index in [1.54, 1.807) is 12.1 Å². The standard InChI is InChI=1S/C17H14BrClN2O3S/c1-10-5-13-16(14(18)6-10)20-9-21(17(13)22)8-11-7-12(19)3-4-15(11)25(2,23)24/h3-7,9H,8H2,1-2H3. The molecule has 0 saturated carbocycles. The number of rotatable bonds is 3. The predicted molar refractivity (Wildman–Crippen MR) is 102 cm³/mol. The first-order valence-electron chi connectivity index (χ1n) is 7.30. The van der Waals surface area contributed by atoms with Gasteiger partial charge >= 0.3 is 0 Å². The van der Waals surface area contributed by atoms with Gasteiger partial charge < -0.3 is 0 Å². The first-order valence-corrected chi connectivity index (χ1v) is 10.4. The van der Waals surface area contributed by atoms with Crippen LogP contribution in [-0.2, 0) is 16.4 Å². The molecule has 0 bridgehead atoms. The van der Waals surface area contributed by atoms with E-state index in [-0.39, 0.29) is 17.0 Å². The van der Waals surface area contributed by atoms with Crippen LogP contribution in [0, 0.1) is 6.92 Å². The first kappa shape index (κ1) is 18.1. The average molecular weight is 442 g/mol. The number of hydrogen-bond acceptors (Lipinski definition) is 4. The van der Waals surface area contributed by atoms with Gasteiger partial charge in [-0.05, 0) is 64.3 Å². The number of fused-ring (bicyclic) bond motifs is 1. The largest absolute Gasteiger partial charge is 0.294 e. The van der Waals surface area contributed by atoms with Crippen molar-refractivity contribution in [2.75, 3.05) is 6.26 Å². The van der Waals surface area contributed by atoms with Crippen LogP contribution >= 0.6 is 27.5 Å². The molecule has 0 unspecified atom stereocenters. The van der Waals surface area contributed by atoms with Crippen LogP contribution in [0.1, 0.15) is 11.1 Å². The van der Waals surface area contributed by atoms with Gasteiger partial charge in [-0.2, -0.15) is 0 Å². The number of halogens is 2. The quantitative estimate of drug-likeness (QED) is 0.623. The average Bonchev–Trinajstić information content (AvgIpc) is 2.49. The predicted octanol–water partition coefficient (Wildman–Crippen LogP) is 3.57. The Balaban J connectivity index is 2.19. The van der Waals surface area contributed by atoms with Gasteiger partial charge in [-0.1, -0.05) is 11.6 Å². The third kappa shape index (κ3) is 3.63. The normalized spacial score (nSPS) is 11.8. The fourth-order valence-corrected chi connectivity index (χ4v) is 4.48. The van der Waals surface area contributed by atoms with E-state index in [1.807, 2.05) is 13.0 Å². The molecule has 1 aromatic heterocycles. The Labute approximate surface area is 158 Å². The van der Waals surface area contributed by atoms with Crippen molar-refractivity contribution in [3.63, 3.8) is 0 Å². The second kappa shape index (κ2) is 6.55. The number of benzene rings is 2. The van der Waals surface area contributed by atoms with Crippen molar-refractivity contribution < 1.29 is 8.42 Å². The molecular formula is C17H14BrClN2O3S. The van der Waals surface area contributed by atoms with E-state index in [0.717, 1.165) is 16.3 Å². The molecule has 0 aliphatic rings. The van der Waals surface area contributed by atoms with Crippen molar-refractivity contribution >= 4 is 48.3 Å². The first-order chi connectivity index (χ1) is 11.7. The Hall–Kier alpha value is -1.70. The second-order valence-corrected chi connectivity index (χ2v) is 9.12. The number of aryl methyl sites for hydroxylation is 1. The lowest BCUT2D eigenvalue weighted by Crippen LogP contribution is -2.22. The van der Waals surface area contributed by atoms with Crippen molar-refractivity contribution in [1.29, 1.82) is 0 Å². The van der Waals surface area contributed by atoms with Crippen LogP contribution in [0.5, 0.6) is 0 Å². The molecule has 5 nitrogen and oxygen atoms in total. The smallest absolute Gasteiger partial charge is 0.261 e. The Morgan fingerprint density at radius 1 is 1.24 bits per heavy atom. The summed E-state index contributed by atoms with van der Waals surface area (Å²) < 4.78 is 26.1. The number of aromatic nitrogens is 2. The van der Waals surface area contributed by atoms with Crippen LogP contribution in [0.15, 0.2) is 50.8 Å². The summed E-state index contributed by atoms with van der Waals surface area (Å²) in [6.07, 6.45) is 2.54. The van der Waals surface area contributed by atoms with Gasteiger partial charge in [-0.25, -0.2) is 13.4 Å². The van der Waals surface area contributed by atoms with Gasteiger partial charge in [0.25, 0.3) is 5.56 Å². The lowest BCUT2D eigenvalue weighted by Gasteiger charge is -2.12. The van der Waals surface area contributed by atoms with Gasteiger partial charge in [0.2, 0.25) is 0 Å². The van der Waals surface area contributed by atoms with Crippen LogP contribution in [0.25, 0.3) is 10.9 Å². The molecule has 0 fully saturated rings. The molecule has 0 saturated heterocycles. The third-order valence-electron chi connectivity index (χ3n) is 3.79. The Morgan fingerprint density at radius 3 is 2.64 bits per heavy atom. The molecule has 0 atom stereocenters. The van der Waals surface area contributed by atoms with Crippen molar-refractivity contribution in [1.82, 2.24) is 9.55 Å². The van der Waals surface area contributed by atoms with Gasteiger partial charge in [0, 0.05) is 15.8 Å². The van der Waals surface area contributed by atoms with Gasteiger partial charge in [0.15, 0.2) is 9.84 Å². The minimum Gasteiger partial charge on any atom is -0.294 e. The maximum atomic E-state index is 12.8. The fraction of sp³-hybridized carbons (Fsp3) is 0.176. The molecular weight excluding hydrogens is 428 g/mol. The SMILES string of the molecule is Cc1cc(Br)c2ncn(Cc3cc(Cl)ccc3S(C)(=O)=O)c(=O)c2c1.